The lowest BCUT2D eigenvalue weighted by Gasteiger charge is -2.24. The number of methoxy groups -OCH3 is 2. The molecule has 1 aromatic heterocycles. The third-order valence-electron chi connectivity index (χ3n) is 6.29. The highest BCUT2D eigenvalue weighted by atomic mass is 32.2. The van der Waals surface area contributed by atoms with Gasteiger partial charge in [-0.05, 0) is 30.3 Å². The highest BCUT2D eigenvalue weighted by Gasteiger charge is 2.40. The summed E-state index contributed by atoms with van der Waals surface area (Å²) in [6.45, 7) is 6.28. The highest BCUT2D eigenvalue weighted by molar-refractivity contribution is 8.00. The van der Waals surface area contributed by atoms with E-state index in [9.17, 15) is 14.0 Å². The fourth-order valence-corrected chi connectivity index (χ4v) is 5.65. The van der Waals surface area contributed by atoms with Crippen molar-refractivity contribution in [2.45, 2.75) is 31.4 Å². The Morgan fingerprint density at radius 3 is 2.49 bits per heavy atom. The van der Waals surface area contributed by atoms with Gasteiger partial charge in [0, 0.05) is 36.3 Å². The van der Waals surface area contributed by atoms with Gasteiger partial charge in [0.15, 0.2) is 0 Å². The molecule has 0 aliphatic carbocycles. The average Bonchev–Trinajstić information content (AvgIpc) is 3.23. The molecule has 39 heavy (non-hydrogen) atoms. The van der Waals surface area contributed by atoms with E-state index in [0.29, 0.717) is 35.1 Å². The van der Waals surface area contributed by atoms with E-state index < -0.39 is 22.3 Å². The molecule has 1 atom stereocenters. The number of fused-ring (bicyclic) bond motifs is 1. The zero-order valence-electron chi connectivity index (χ0n) is 22.6. The first-order valence-corrected chi connectivity index (χ1v) is 13.5. The van der Waals surface area contributed by atoms with Crippen LogP contribution in [0.2, 0.25) is 0 Å². The molecule has 0 saturated carbocycles. The van der Waals surface area contributed by atoms with Crippen LogP contribution in [0.1, 0.15) is 42.8 Å². The van der Waals surface area contributed by atoms with E-state index in [1.807, 2.05) is 20.8 Å². The van der Waals surface area contributed by atoms with Crippen LogP contribution in [0.5, 0.6) is 5.75 Å². The van der Waals surface area contributed by atoms with Gasteiger partial charge in [-0.3, -0.25) is 14.5 Å². The summed E-state index contributed by atoms with van der Waals surface area (Å²) in [6.07, 6.45) is 0. The molecule has 0 radical (unpaired) electrons. The fraction of sp³-hybridized carbons (Fsp3) is 0.393. The molecule has 1 N–H and O–H groups in total. The van der Waals surface area contributed by atoms with Gasteiger partial charge >= 0.3 is 0 Å². The van der Waals surface area contributed by atoms with Crippen LogP contribution in [0.4, 0.5) is 14.6 Å². The SMILES string of the molecule is COCCNC(=O)CN1C(=O)CS[C@H](c2ccc(F)cc2F)c2c(C(C)(C)C)nn(-c3ccc(OC)cc3)c21. The summed E-state index contributed by atoms with van der Waals surface area (Å²) in [4.78, 5) is 27.9. The van der Waals surface area contributed by atoms with E-state index in [0.717, 1.165) is 6.07 Å². The van der Waals surface area contributed by atoms with E-state index in [4.69, 9.17) is 14.6 Å². The van der Waals surface area contributed by atoms with E-state index in [2.05, 4.69) is 5.32 Å². The van der Waals surface area contributed by atoms with Crippen molar-refractivity contribution in [1.82, 2.24) is 15.1 Å². The molecule has 2 aromatic carbocycles. The van der Waals surface area contributed by atoms with Crippen LogP contribution in [-0.2, 0) is 19.7 Å². The van der Waals surface area contributed by atoms with Crippen LogP contribution in [0.15, 0.2) is 42.5 Å². The molecule has 2 heterocycles. The van der Waals surface area contributed by atoms with Crippen molar-refractivity contribution < 1.29 is 27.8 Å². The van der Waals surface area contributed by atoms with Crippen LogP contribution in [0.3, 0.4) is 0 Å². The molecule has 208 valence electrons. The molecule has 0 unspecified atom stereocenters. The second-order valence-corrected chi connectivity index (χ2v) is 11.2. The number of amides is 2. The number of nitrogens with zero attached hydrogens (tertiary/aromatic N) is 3. The maximum absolute atomic E-state index is 15.2. The molecule has 0 saturated heterocycles. The second kappa shape index (κ2) is 11.7. The molecule has 0 fully saturated rings. The number of nitrogens with one attached hydrogen (secondary N) is 1. The smallest absolute Gasteiger partial charge is 0.240 e. The molecule has 3 aromatic rings. The molecule has 8 nitrogen and oxygen atoms in total. The first-order valence-electron chi connectivity index (χ1n) is 12.5. The van der Waals surface area contributed by atoms with Gasteiger partial charge in [-0.2, -0.15) is 5.10 Å². The lowest BCUT2D eigenvalue weighted by Crippen LogP contribution is -2.43. The Kier molecular flexibility index (Phi) is 8.60. The molecule has 11 heteroatoms. The first-order chi connectivity index (χ1) is 18.5. The minimum Gasteiger partial charge on any atom is -0.497 e. The number of carbonyl (C=O) groups is 2. The zero-order chi connectivity index (χ0) is 28.3. The summed E-state index contributed by atoms with van der Waals surface area (Å²) in [5.41, 5.74) is 1.59. The van der Waals surface area contributed by atoms with Gasteiger partial charge in [0.2, 0.25) is 11.8 Å². The molecule has 4 rings (SSSR count). The predicted molar refractivity (Wildman–Crippen MR) is 147 cm³/mol. The van der Waals surface area contributed by atoms with Gasteiger partial charge in [0.05, 0.1) is 36.1 Å². The topological polar surface area (TPSA) is 85.7 Å². The van der Waals surface area contributed by atoms with Gasteiger partial charge in [0.1, 0.15) is 29.7 Å². The lowest BCUT2D eigenvalue weighted by molar-refractivity contribution is -0.123. The molecule has 0 spiro atoms. The number of rotatable bonds is 8. The standard InChI is InChI=1S/C28H32F2N4O4S/c1-28(2,3)26-24-25(20-11-6-17(29)14-21(20)30)39-16-23(36)33(15-22(35)31-12-13-37-4)27(24)34(32-26)18-7-9-19(38-5)10-8-18/h6-11,14,25H,12-13,15-16H2,1-5H3,(H,31,35)/t25-/m1/s1. The molecule has 0 bridgehead atoms. The van der Waals surface area contributed by atoms with Crippen LogP contribution < -0.4 is 15.0 Å². The van der Waals surface area contributed by atoms with Gasteiger partial charge in [0.25, 0.3) is 0 Å². The maximum atomic E-state index is 15.2. The minimum atomic E-state index is -0.714. The number of halogens is 2. The summed E-state index contributed by atoms with van der Waals surface area (Å²) >= 11 is 1.23. The monoisotopic (exact) mass is 558 g/mol. The molecule has 1 aliphatic heterocycles. The number of anilines is 1. The van der Waals surface area contributed by atoms with Crippen molar-refractivity contribution >= 4 is 29.4 Å². The lowest BCUT2D eigenvalue weighted by atomic mass is 9.87. The van der Waals surface area contributed by atoms with E-state index in [1.165, 1.54) is 35.9 Å². The Morgan fingerprint density at radius 1 is 1.15 bits per heavy atom. The first kappa shape index (κ1) is 28.6. The summed E-state index contributed by atoms with van der Waals surface area (Å²) in [6, 6.07) is 10.6. The number of aromatic nitrogens is 2. The average molecular weight is 559 g/mol. The Hall–Kier alpha value is -3.44. The normalized spacial score (nSPS) is 15.6. The summed E-state index contributed by atoms with van der Waals surface area (Å²) in [5, 5.41) is 7.03. The van der Waals surface area contributed by atoms with E-state index >= 15 is 4.39 Å². The third kappa shape index (κ3) is 6.09. The molecular formula is C28H32F2N4O4S. The Labute approximate surface area is 230 Å². The van der Waals surface area contributed by atoms with Crippen LogP contribution >= 0.6 is 11.8 Å². The number of thioether (sulfide) groups is 1. The molecular weight excluding hydrogens is 526 g/mol. The Bertz CT molecular complexity index is 1350. The van der Waals surface area contributed by atoms with Crippen molar-refractivity contribution in [3.05, 3.63) is 70.9 Å². The Morgan fingerprint density at radius 2 is 1.87 bits per heavy atom. The zero-order valence-corrected chi connectivity index (χ0v) is 23.4. The number of benzene rings is 2. The number of carbonyl (C=O) groups excluding carboxylic acids is 2. The summed E-state index contributed by atoms with van der Waals surface area (Å²) in [7, 11) is 3.10. The Balaban J connectivity index is 1.97. The van der Waals surface area contributed by atoms with Gasteiger partial charge in [-0.15, -0.1) is 11.8 Å². The molecule has 1 aliphatic rings. The largest absolute Gasteiger partial charge is 0.497 e. The van der Waals surface area contributed by atoms with Gasteiger partial charge in [-0.25, -0.2) is 13.5 Å². The number of ether oxygens (including phenoxy) is 2. The predicted octanol–water partition coefficient (Wildman–Crippen LogP) is 4.39. The van der Waals surface area contributed by atoms with Crippen LogP contribution in [-0.4, -0.2) is 61.3 Å². The second-order valence-electron chi connectivity index (χ2n) is 10.1. The highest BCUT2D eigenvalue weighted by Crippen LogP contribution is 2.49. The summed E-state index contributed by atoms with van der Waals surface area (Å²) < 4.78 is 41.0. The van der Waals surface area contributed by atoms with Gasteiger partial charge < -0.3 is 14.8 Å². The quantitative estimate of drug-likeness (QED) is 0.413. The minimum absolute atomic E-state index is 0.0201. The van der Waals surface area contributed by atoms with Crippen LogP contribution in [0, 0.1) is 11.6 Å². The van der Waals surface area contributed by atoms with E-state index in [1.54, 1.807) is 36.1 Å². The number of hydrogen-bond donors (Lipinski definition) is 1. The molecule has 2 amide bonds. The van der Waals surface area contributed by atoms with Crippen molar-refractivity contribution in [3.63, 3.8) is 0 Å². The van der Waals surface area contributed by atoms with Crippen LogP contribution in [0.25, 0.3) is 5.69 Å². The van der Waals surface area contributed by atoms with E-state index in [-0.39, 0.29) is 36.2 Å². The maximum Gasteiger partial charge on any atom is 0.240 e. The number of hydrogen-bond acceptors (Lipinski definition) is 6. The third-order valence-corrected chi connectivity index (χ3v) is 7.53. The van der Waals surface area contributed by atoms with Crippen molar-refractivity contribution in [2.24, 2.45) is 0 Å². The van der Waals surface area contributed by atoms with Gasteiger partial charge in [-0.1, -0.05) is 26.8 Å². The fourth-order valence-electron chi connectivity index (χ4n) is 4.43. The van der Waals surface area contributed by atoms with Crippen molar-refractivity contribution in [1.29, 1.82) is 0 Å². The van der Waals surface area contributed by atoms with Crippen molar-refractivity contribution in [2.75, 3.05) is 44.6 Å². The summed E-state index contributed by atoms with van der Waals surface area (Å²) in [5.74, 6) is -1.12. The van der Waals surface area contributed by atoms with Crippen molar-refractivity contribution in [3.8, 4) is 11.4 Å².